The fraction of sp³-hybridized carbons (Fsp3) is 0.379. The van der Waals surface area contributed by atoms with Crippen LogP contribution in [0.25, 0.3) is 0 Å². The van der Waals surface area contributed by atoms with E-state index in [-0.39, 0.29) is 32.3 Å². The van der Waals surface area contributed by atoms with Gasteiger partial charge in [-0.1, -0.05) is 44.3 Å². The Morgan fingerprint density at radius 3 is 1.46 bits per heavy atom. The monoisotopic (exact) mass is 480 g/mol. The number of carbonyl (C=O) groups excluding carboxylic acids is 2. The Bertz CT molecular complexity index is 985. The first-order valence-corrected chi connectivity index (χ1v) is 11.8. The molecule has 0 unspecified atom stereocenters. The molecule has 6 heteroatoms. The molecule has 0 bridgehead atoms. The Morgan fingerprint density at radius 2 is 1.14 bits per heavy atom. The zero-order chi connectivity index (χ0) is 26.0. The molecule has 35 heavy (non-hydrogen) atoms. The van der Waals surface area contributed by atoms with Gasteiger partial charge in [0, 0.05) is 17.1 Å². The first-order chi connectivity index (χ1) is 16.6. The number of hydrogen-bond donors (Lipinski definition) is 0. The van der Waals surface area contributed by atoms with Crippen molar-refractivity contribution in [1.82, 2.24) is 0 Å². The molecule has 0 saturated heterocycles. The molecule has 0 atom stereocenters. The van der Waals surface area contributed by atoms with Gasteiger partial charge in [0.05, 0.1) is 0 Å². The molecule has 0 aromatic heterocycles. The highest BCUT2D eigenvalue weighted by molar-refractivity contribution is 5.87. The summed E-state index contributed by atoms with van der Waals surface area (Å²) in [4.78, 5) is 22.9. The molecule has 0 amide bonds. The van der Waals surface area contributed by atoms with Crippen molar-refractivity contribution < 1.29 is 28.5 Å². The van der Waals surface area contributed by atoms with E-state index in [1.54, 1.807) is 13.8 Å². The van der Waals surface area contributed by atoms with Crippen LogP contribution in [0.4, 0.5) is 0 Å². The standard InChI is InChI=1S/C29H36O6/c1-8-25(23-9-11-26(21(6)17-23)32-13-15-34-28(30)19(2)3)24-10-12-27(22(7)18-24)33-14-16-35-29(31)20(4)5/h9-12,17-18,25H,2,4,8,13-16H2,1,3,5-7H3. The molecule has 0 radical (unpaired) electrons. The highest BCUT2D eigenvalue weighted by Gasteiger charge is 2.15. The Balaban J connectivity index is 1.99. The third-order valence-corrected chi connectivity index (χ3v) is 5.46. The Morgan fingerprint density at radius 1 is 0.743 bits per heavy atom. The van der Waals surface area contributed by atoms with Crippen molar-refractivity contribution in [1.29, 1.82) is 0 Å². The van der Waals surface area contributed by atoms with Crippen LogP contribution in [-0.4, -0.2) is 38.4 Å². The average molecular weight is 481 g/mol. The topological polar surface area (TPSA) is 71.1 Å². The van der Waals surface area contributed by atoms with Gasteiger partial charge in [-0.2, -0.15) is 0 Å². The van der Waals surface area contributed by atoms with Crippen LogP contribution in [0.1, 0.15) is 55.4 Å². The van der Waals surface area contributed by atoms with Crippen molar-refractivity contribution >= 4 is 11.9 Å². The molecule has 2 aromatic rings. The predicted molar refractivity (Wildman–Crippen MR) is 137 cm³/mol. The van der Waals surface area contributed by atoms with Gasteiger partial charge in [-0.25, -0.2) is 9.59 Å². The highest BCUT2D eigenvalue weighted by atomic mass is 16.6. The third-order valence-electron chi connectivity index (χ3n) is 5.46. The number of carbonyl (C=O) groups is 2. The molecule has 0 aliphatic rings. The molecule has 188 valence electrons. The minimum absolute atomic E-state index is 0.175. The zero-order valence-electron chi connectivity index (χ0n) is 21.4. The lowest BCUT2D eigenvalue weighted by Crippen LogP contribution is -2.13. The summed E-state index contributed by atoms with van der Waals surface area (Å²) in [6, 6.07) is 12.4. The van der Waals surface area contributed by atoms with E-state index in [9.17, 15) is 9.59 Å². The molecule has 0 aliphatic heterocycles. The van der Waals surface area contributed by atoms with Gasteiger partial charge in [-0.15, -0.1) is 0 Å². The summed E-state index contributed by atoms with van der Waals surface area (Å²) in [5, 5.41) is 0. The van der Waals surface area contributed by atoms with E-state index in [1.165, 1.54) is 11.1 Å². The summed E-state index contributed by atoms with van der Waals surface area (Å²) in [5.41, 5.74) is 5.18. The highest BCUT2D eigenvalue weighted by Crippen LogP contribution is 2.33. The quantitative estimate of drug-likeness (QED) is 0.204. The lowest BCUT2D eigenvalue weighted by Gasteiger charge is -2.20. The Hall–Kier alpha value is -3.54. The second kappa shape index (κ2) is 13.4. The first kappa shape index (κ1) is 27.7. The molecule has 0 heterocycles. The Kier molecular flexibility index (Phi) is 10.6. The van der Waals surface area contributed by atoms with Crippen LogP contribution in [0.15, 0.2) is 60.7 Å². The maximum Gasteiger partial charge on any atom is 0.333 e. The lowest BCUT2D eigenvalue weighted by molar-refractivity contribution is -0.140. The van der Waals surface area contributed by atoms with Gasteiger partial charge in [-0.05, 0) is 68.5 Å². The van der Waals surface area contributed by atoms with Crippen molar-refractivity contribution in [2.75, 3.05) is 26.4 Å². The van der Waals surface area contributed by atoms with Crippen LogP contribution in [0.2, 0.25) is 0 Å². The van der Waals surface area contributed by atoms with Crippen LogP contribution < -0.4 is 9.47 Å². The molecule has 0 spiro atoms. The predicted octanol–water partition coefficient (Wildman–Crippen LogP) is 5.84. The first-order valence-electron chi connectivity index (χ1n) is 11.8. The van der Waals surface area contributed by atoms with E-state index in [2.05, 4.69) is 44.3 Å². The van der Waals surface area contributed by atoms with Crippen LogP contribution in [-0.2, 0) is 19.1 Å². The molecule has 0 saturated carbocycles. The second-order valence-electron chi connectivity index (χ2n) is 8.54. The van der Waals surface area contributed by atoms with E-state index in [4.69, 9.17) is 18.9 Å². The molecule has 0 fully saturated rings. The van der Waals surface area contributed by atoms with Gasteiger partial charge in [0.2, 0.25) is 0 Å². The van der Waals surface area contributed by atoms with E-state index in [0.717, 1.165) is 29.0 Å². The summed E-state index contributed by atoms with van der Waals surface area (Å²) in [6.45, 7) is 17.4. The minimum atomic E-state index is -0.413. The van der Waals surface area contributed by atoms with E-state index >= 15 is 0 Å². The number of aryl methyl sites for hydroxylation is 2. The number of rotatable bonds is 13. The van der Waals surface area contributed by atoms with Crippen LogP contribution in [0.3, 0.4) is 0 Å². The fourth-order valence-electron chi connectivity index (χ4n) is 3.58. The van der Waals surface area contributed by atoms with Gasteiger partial charge < -0.3 is 18.9 Å². The summed E-state index contributed by atoms with van der Waals surface area (Å²) >= 11 is 0. The minimum Gasteiger partial charge on any atom is -0.490 e. The summed E-state index contributed by atoms with van der Waals surface area (Å²) in [7, 11) is 0. The summed E-state index contributed by atoms with van der Waals surface area (Å²) in [6.07, 6.45) is 0.937. The smallest absolute Gasteiger partial charge is 0.333 e. The van der Waals surface area contributed by atoms with Crippen LogP contribution in [0, 0.1) is 13.8 Å². The summed E-state index contributed by atoms with van der Waals surface area (Å²) < 4.78 is 21.7. The van der Waals surface area contributed by atoms with Crippen molar-refractivity contribution in [2.45, 2.75) is 47.0 Å². The van der Waals surface area contributed by atoms with Gasteiger partial charge in [0.1, 0.15) is 37.9 Å². The second-order valence-corrected chi connectivity index (χ2v) is 8.54. The number of esters is 2. The maximum atomic E-state index is 11.5. The molecular weight excluding hydrogens is 444 g/mol. The number of ether oxygens (including phenoxy) is 4. The molecule has 0 N–H and O–H groups in total. The SMILES string of the molecule is C=C(C)C(=O)OCCOc1ccc(C(CC)c2ccc(OCCOC(=O)C(=C)C)c(C)c2)cc1C. The molecule has 0 aliphatic carbocycles. The average Bonchev–Trinajstić information content (AvgIpc) is 2.81. The molecular formula is C29H36O6. The molecule has 2 rings (SSSR count). The van der Waals surface area contributed by atoms with E-state index < -0.39 is 11.9 Å². The normalized spacial score (nSPS) is 10.6. The van der Waals surface area contributed by atoms with Crippen LogP contribution >= 0.6 is 0 Å². The van der Waals surface area contributed by atoms with Gasteiger partial charge in [0.15, 0.2) is 0 Å². The van der Waals surface area contributed by atoms with Crippen molar-refractivity contribution in [3.05, 3.63) is 83.0 Å². The van der Waals surface area contributed by atoms with E-state index in [1.807, 2.05) is 26.0 Å². The van der Waals surface area contributed by atoms with Crippen LogP contribution in [0.5, 0.6) is 11.5 Å². The van der Waals surface area contributed by atoms with Crippen molar-refractivity contribution in [2.24, 2.45) is 0 Å². The molecule has 2 aromatic carbocycles. The van der Waals surface area contributed by atoms with Gasteiger partial charge >= 0.3 is 11.9 Å². The number of hydrogen-bond acceptors (Lipinski definition) is 6. The fourth-order valence-corrected chi connectivity index (χ4v) is 3.58. The zero-order valence-corrected chi connectivity index (χ0v) is 21.4. The largest absolute Gasteiger partial charge is 0.490 e. The maximum absolute atomic E-state index is 11.5. The number of benzene rings is 2. The van der Waals surface area contributed by atoms with Gasteiger partial charge in [-0.3, -0.25) is 0 Å². The third kappa shape index (κ3) is 8.32. The Labute approximate surface area is 208 Å². The van der Waals surface area contributed by atoms with E-state index in [0.29, 0.717) is 11.1 Å². The van der Waals surface area contributed by atoms with Crippen molar-refractivity contribution in [3.63, 3.8) is 0 Å². The van der Waals surface area contributed by atoms with Crippen molar-refractivity contribution in [3.8, 4) is 11.5 Å². The van der Waals surface area contributed by atoms with Gasteiger partial charge in [0.25, 0.3) is 0 Å². The molecule has 6 nitrogen and oxygen atoms in total. The summed E-state index contributed by atoms with van der Waals surface area (Å²) in [5.74, 6) is 0.932. The lowest BCUT2D eigenvalue weighted by atomic mass is 9.87.